The Morgan fingerprint density at radius 2 is 1.77 bits per heavy atom. The topological polar surface area (TPSA) is 58.6 Å². The number of carbonyl (C=O) groups is 2. The number of amides is 2. The summed E-state index contributed by atoms with van der Waals surface area (Å²) in [5.74, 6) is 0.545. The summed E-state index contributed by atoms with van der Waals surface area (Å²) in [6.07, 6.45) is 1.51. The summed E-state index contributed by atoms with van der Waals surface area (Å²) in [6, 6.07) is 21.5. The van der Waals surface area contributed by atoms with Crippen molar-refractivity contribution >= 4 is 22.6 Å². The molecule has 31 heavy (non-hydrogen) atoms. The number of fused-ring (bicyclic) bond motifs is 1. The van der Waals surface area contributed by atoms with Gasteiger partial charge in [0.25, 0.3) is 0 Å². The van der Waals surface area contributed by atoms with Crippen LogP contribution in [-0.2, 0) is 22.6 Å². The van der Waals surface area contributed by atoms with Gasteiger partial charge in [0.1, 0.15) is 11.8 Å². The van der Waals surface area contributed by atoms with Crippen LogP contribution in [-0.4, -0.2) is 36.9 Å². The number of nitrogens with zero attached hydrogens (tertiary/aromatic N) is 1. The molecular formula is C26H30N2O3. The zero-order valence-corrected chi connectivity index (χ0v) is 18.4. The maximum Gasteiger partial charge on any atom is 0.242 e. The lowest BCUT2D eigenvalue weighted by Crippen LogP contribution is -2.48. The van der Waals surface area contributed by atoms with Crippen molar-refractivity contribution in [1.82, 2.24) is 10.2 Å². The highest BCUT2D eigenvalue weighted by Gasteiger charge is 2.27. The predicted octanol–water partition coefficient (Wildman–Crippen LogP) is 4.33. The number of likely N-dealkylation sites (N-methyl/N-ethyl adjacent to an activating group) is 1. The van der Waals surface area contributed by atoms with Crippen LogP contribution in [0.15, 0.2) is 66.7 Å². The minimum atomic E-state index is -0.517. The Morgan fingerprint density at radius 3 is 2.52 bits per heavy atom. The lowest BCUT2D eigenvalue weighted by Gasteiger charge is -2.30. The second-order valence-electron chi connectivity index (χ2n) is 7.55. The molecule has 0 aliphatic rings. The fourth-order valence-electron chi connectivity index (χ4n) is 3.95. The maximum absolute atomic E-state index is 13.3. The van der Waals surface area contributed by atoms with Crippen LogP contribution >= 0.6 is 0 Å². The summed E-state index contributed by atoms with van der Waals surface area (Å²) in [4.78, 5) is 27.6. The highest BCUT2D eigenvalue weighted by Crippen LogP contribution is 2.22. The molecule has 0 bridgehead atoms. The molecule has 0 saturated heterocycles. The molecule has 5 heteroatoms. The zero-order chi connectivity index (χ0) is 22.2. The molecule has 3 aromatic rings. The number of hydrogen-bond donors (Lipinski definition) is 1. The molecule has 162 valence electrons. The number of methoxy groups -OCH3 is 1. The number of nitrogens with one attached hydrogen (secondary N) is 1. The fourth-order valence-corrected chi connectivity index (χ4v) is 3.95. The number of rotatable bonds is 9. The average Bonchev–Trinajstić information content (AvgIpc) is 2.82. The van der Waals surface area contributed by atoms with Crippen molar-refractivity contribution in [3.63, 3.8) is 0 Å². The molecule has 3 rings (SSSR count). The van der Waals surface area contributed by atoms with Gasteiger partial charge in [-0.15, -0.1) is 0 Å². The SMILES string of the molecule is CC[C@@H](C(=O)NC)N(Cc1cccc(OC)c1)C(=O)CCc1cccc2ccccc12. The molecule has 0 saturated carbocycles. The normalized spacial score (nSPS) is 11.7. The van der Waals surface area contributed by atoms with Gasteiger partial charge in [0.2, 0.25) is 11.8 Å². The van der Waals surface area contributed by atoms with Gasteiger partial charge in [0.15, 0.2) is 0 Å². The van der Waals surface area contributed by atoms with Gasteiger partial charge < -0.3 is 15.0 Å². The molecule has 3 aromatic carbocycles. The molecule has 1 N–H and O–H groups in total. The standard InChI is InChI=1S/C26H30N2O3/c1-4-24(26(30)27-2)28(18-19-9-7-13-22(17-19)31-3)25(29)16-15-21-12-8-11-20-10-5-6-14-23(20)21/h5-14,17,24H,4,15-16,18H2,1-3H3,(H,27,30)/t24-/m0/s1. The molecule has 0 heterocycles. The maximum atomic E-state index is 13.3. The van der Waals surface area contributed by atoms with Crippen LogP contribution in [0.4, 0.5) is 0 Å². The van der Waals surface area contributed by atoms with Gasteiger partial charge in [-0.1, -0.05) is 61.5 Å². The summed E-state index contributed by atoms with van der Waals surface area (Å²) in [5.41, 5.74) is 2.07. The Balaban J connectivity index is 1.83. The first-order chi connectivity index (χ1) is 15.1. The van der Waals surface area contributed by atoms with Gasteiger partial charge in [-0.2, -0.15) is 0 Å². The number of aryl methyl sites for hydroxylation is 1. The van der Waals surface area contributed by atoms with Crippen LogP contribution in [0.25, 0.3) is 10.8 Å². The van der Waals surface area contributed by atoms with Crippen LogP contribution in [0.2, 0.25) is 0 Å². The van der Waals surface area contributed by atoms with E-state index in [1.165, 1.54) is 0 Å². The van der Waals surface area contributed by atoms with Crippen molar-refractivity contribution < 1.29 is 14.3 Å². The van der Waals surface area contributed by atoms with Crippen molar-refractivity contribution in [1.29, 1.82) is 0 Å². The first-order valence-electron chi connectivity index (χ1n) is 10.7. The Bertz CT molecular complexity index is 1040. The molecular weight excluding hydrogens is 388 g/mol. The summed E-state index contributed by atoms with van der Waals surface area (Å²) in [7, 11) is 3.22. The van der Waals surface area contributed by atoms with Crippen molar-refractivity contribution in [2.45, 2.75) is 38.8 Å². The van der Waals surface area contributed by atoms with E-state index in [1.54, 1.807) is 19.1 Å². The molecule has 0 unspecified atom stereocenters. The number of hydrogen-bond acceptors (Lipinski definition) is 3. The van der Waals surface area contributed by atoms with Crippen molar-refractivity contribution in [3.8, 4) is 5.75 Å². The highest BCUT2D eigenvalue weighted by molar-refractivity contribution is 5.89. The summed E-state index contributed by atoms with van der Waals surface area (Å²) in [6.45, 7) is 2.29. The predicted molar refractivity (Wildman–Crippen MR) is 124 cm³/mol. The van der Waals surface area contributed by atoms with Gasteiger partial charge >= 0.3 is 0 Å². The van der Waals surface area contributed by atoms with Gasteiger partial charge in [0, 0.05) is 20.0 Å². The molecule has 0 fully saturated rings. The number of ether oxygens (including phenoxy) is 1. The van der Waals surface area contributed by atoms with Gasteiger partial charge in [-0.25, -0.2) is 0 Å². The Hall–Kier alpha value is -3.34. The lowest BCUT2D eigenvalue weighted by atomic mass is 10.00. The second kappa shape index (κ2) is 10.6. The van der Waals surface area contributed by atoms with Crippen LogP contribution in [0.3, 0.4) is 0 Å². The molecule has 0 aliphatic carbocycles. The van der Waals surface area contributed by atoms with Crippen molar-refractivity contribution in [3.05, 3.63) is 77.9 Å². The minimum absolute atomic E-state index is 0.0359. The first kappa shape index (κ1) is 22.3. The largest absolute Gasteiger partial charge is 0.497 e. The van der Waals surface area contributed by atoms with E-state index in [0.717, 1.165) is 27.6 Å². The van der Waals surface area contributed by atoms with Crippen LogP contribution in [0.5, 0.6) is 5.75 Å². The van der Waals surface area contributed by atoms with E-state index in [4.69, 9.17) is 4.74 Å². The zero-order valence-electron chi connectivity index (χ0n) is 18.4. The third-order valence-electron chi connectivity index (χ3n) is 5.61. The molecule has 0 aromatic heterocycles. The summed E-state index contributed by atoms with van der Waals surface area (Å²) < 4.78 is 5.32. The molecule has 0 aliphatic heterocycles. The van der Waals surface area contributed by atoms with E-state index < -0.39 is 6.04 Å². The number of carbonyl (C=O) groups excluding carboxylic acids is 2. The molecule has 1 atom stereocenters. The van der Waals surface area contributed by atoms with E-state index >= 15 is 0 Å². The fraction of sp³-hybridized carbons (Fsp3) is 0.308. The Labute approximate surface area is 184 Å². The van der Waals surface area contributed by atoms with Crippen molar-refractivity contribution in [2.75, 3.05) is 14.2 Å². The average molecular weight is 419 g/mol. The highest BCUT2D eigenvalue weighted by atomic mass is 16.5. The van der Waals surface area contributed by atoms with E-state index in [0.29, 0.717) is 25.8 Å². The van der Waals surface area contributed by atoms with Gasteiger partial charge in [-0.3, -0.25) is 9.59 Å². The van der Waals surface area contributed by atoms with E-state index in [-0.39, 0.29) is 11.8 Å². The Morgan fingerprint density at radius 1 is 1.03 bits per heavy atom. The Kier molecular flexibility index (Phi) is 7.65. The smallest absolute Gasteiger partial charge is 0.242 e. The molecule has 0 spiro atoms. The van der Waals surface area contributed by atoms with Gasteiger partial charge in [-0.05, 0) is 46.9 Å². The summed E-state index contributed by atoms with van der Waals surface area (Å²) in [5, 5.41) is 5.03. The van der Waals surface area contributed by atoms with Crippen LogP contribution in [0.1, 0.15) is 30.9 Å². The van der Waals surface area contributed by atoms with Crippen molar-refractivity contribution in [2.24, 2.45) is 0 Å². The van der Waals surface area contributed by atoms with E-state index in [1.807, 2.05) is 49.4 Å². The quantitative estimate of drug-likeness (QED) is 0.563. The van der Waals surface area contributed by atoms with Crippen LogP contribution < -0.4 is 10.1 Å². The van der Waals surface area contributed by atoms with E-state index in [9.17, 15) is 9.59 Å². The van der Waals surface area contributed by atoms with Crippen LogP contribution in [0, 0.1) is 0 Å². The number of benzene rings is 3. The first-order valence-corrected chi connectivity index (χ1v) is 10.7. The minimum Gasteiger partial charge on any atom is -0.497 e. The second-order valence-corrected chi connectivity index (χ2v) is 7.55. The molecule has 2 amide bonds. The molecule has 0 radical (unpaired) electrons. The third kappa shape index (κ3) is 5.43. The van der Waals surface area contributed by atoms with E-state index in [2.05, 4.69) is 29.6 Å². The third-order valence-corrected chi connectivity index (χ3v) is 5.61. The van der Waals surface area contributed by atoms with Gasteiger partial charge in [0.05, 0.1) is 7.11 Å². The molecule has 5 nitrogen and oxygen atoms in total. The summed E-state index contributed by atoms with van der Waals surface area (Å²) >= 11 is 0. The monoisotopic (exact) mass is 418 g/mol. The lowest BCUT2D eigenvalue weighted by molar-refractivity contribution is -0.141.